The zero-order valence-corrected chi connectivity index (χ0v) is 13.5. The van der Waals surface area contributed by atoms with Crippen LogP contribution in [0.4, 0.5) is 4.79 Å². The minimum absolute atomic E-state index is 0.102. The van der Waals surface area contributed by atoms with Crippen molar-refractivity contribution in [3.8, 4) is 0 Å². The van der Waals surface area contributed by atoms with Gasteiger partial charge in [-0.2, -0.15) is 0 Å². The summed E-state index contributed by atoms with van der Waals surface area (Å²) >= 11 is 0. The summed E-state index contributed by atoms with van der Waals surface area (Å²) in [4.78, 5) is 14.4. The van der Waals surface area contributed by atoms with Gasteiger partial charge in [-0.1, -0.05) is 30.3 Å². The van der Waals surface area contributed by atoms with E-state index in [9.17, 15) is 4.79 Å². The first-order valence-corrected chi connectivity index (χ1v) is 7.44. The van der Waals surface area contributed by atoms with Gasteiger partial charge in [0.2, 0.25) is 0 Å². The van der Waals surface area contributed by atoms with Crippen molar-refractivity contribution in [2.45, 2.75) is 39.4 Å². The van der Waals surface area contributed by atoms with E-state index >= 15 is 0 Å². The Kier molecular flexibility index (Phi) is 5.14. The molecule has 0 aliphatic rings. The number of urea groups is 1. The van der Waals surface area contributed by atoms with Gasteiger partial charge < -0.3 is 14.8 Å². The van der Waals surface area contributed by atoms with E-state index in [1.807, 2.05) is 67.6 Å². The van der Waals surface area contributed by atoms with E-state index in [-0.39, 0.29) is 18.1 Å². The Bertz CT molecular complexity index is 608. The van der Waals surface area contributed by atoms with Gasteiger partial charge in [0.15, 0.2) is 5.82 Å². The summed E-state index contributed by atoms with van der Waals surface area (Å²) < 4.78 is 1.81. The number of carbonyl (C=O) groups is 1. The van der Waals surface area contributed by atoms with Gasteiger partial charge in [0.05, 0.1) is 6.04 Å². The molecule has 0 fully saturated rings. The molecule has 1 atom stereocenters. The second-order valence-electron chi connectivity index (χ2n) is 5.68. The molecule has 1 aromatic carbocycles. The second kappa shape index (κ2) is 7.06. The molecule has 0 spiro atoms. The maximum absolute atomic E-state index is 12.6. The Labute approximate surface area is 131 Å². The van der Waals surface area contributed by atoms with Crippen LogP contribution in [0.3, 0.4) is 0 Å². The summed E-state index contributed by atoms with van der Waals surface area (Å²) in [6, 6.07) is 9.78. The van der Waals surface area contributed by atoms with Gasteiger partial charge in [-0.15, -0.1) is 10.2 Å². The zero-order valence-electron chi connectivity index (χ0n) is 13.5. The molecule has 2 rings (SSSR count). The Morgan fingerprint density at radius 1 is 1.27 bits per heavy atom. The number of nitrogens with zero attached hydrogens (tertiary/aromatic N) is 4. The molecule has 0 radical (unpaired) electrons. The SMILES string of the molecule is CC(NC(=O)N(Cc1ccccc1)C(C)C)c1nncn1C. The van der Waals surface area contributed by atoms with Crippen molar-refractivity contribution in [1.82, 2.24) is 25.0 Å². The molecule has 0 bridgehead atoms. The van der Waals surface area contributed by atoms with Crippen molar-refractivity contribution in [2.24, 2.45) is 7.05 Å². The topological polar surface area (TPSA) is 63.1 Å². The maximum Gasteiger partial charge on any atom is 0.318 e. The second-order valence-corrected chi connectivity index (χ2v) is 5.68. The lowest BCUT2D eigenvalue weighted by Gasteiger charge is -2.28. The van der Waals surface area contributed by atoms with Gasteiger partial charge in [-0.3, -0.25) is 0 Å². The first kappa shape index (κ1) is 16.0. The van der Waals surface area contributed by atoms with Crippen LogP contribution in [0.25, 0.3) is 0 Å². The third kappa shape index (κ3) is 3.84. The predicted octanol–water partition coefficient (Wildman–Crippen LogP) is 2.50. The summed E-state index contributed by atoms with van der Waals surface area (Å²) in [6.45, 7) is 6.50. The van der Waals surface area contributed by atoms with Gasteiger partial charge >= 0.3 is 6.03 Å². The molecular weight excluding hydrogens is 278 g/mol. The summed E-state index contributed by atoms with van der Waals surface area (Å²) in [5.41, 5.74) is 1.11. The molecule has 2 amide bonds. The fraction of sp³-hybridized carbons (Fsp3) is 0.438. The van der Waals surface area contributed by atoms with Crippen LogP contribution >= 0.6 is 0 Å². The van der Waals surface area contributed by atoms with Gasteiger partial charge in [0.25, 0.3) is 0 Å². The highest BCUT2D eigenvalue weighted by Crippen LogP contribution is 2.12. The van der Waals surface area contributed by atoms with Crippen molar-refractivity contribution in [3.63, 3.8) is 0 Å². The maximum atomic E-state index is 12.6. The molecule has 0 saturated carbocycles. The molecule has 1 aromatic heterocycles. The minimum Gasteiger partial charge on any atom is -0.328 e. The average Bonchev–Trinajstić information content (AvgIpc) is 2.91. The first-order chi connectivity index (χ1) is 10.5. The largest absolute Gasteiger partial charge is 0.328 e. The van der Waals surface area contributed by atoms with Gasteiger partial charge in [-0.05, 0) is 26.3 Å². The molecule has 1 N–H and O–H groups in total. The zero-order chi connectivity index (χ0) is 16.1. The Morgan fingerprint density at radius 3 is 2.50 bits per heavy atom. The number of rotatable bonds is 5. The fourth-order valence-corrected chi connectivity index (χ4v) is 2.29. The summed E-state index contributed by atoms with van der Waals surface area (Å²) in [5, 5.41) is 10.9. The van der Waals surface area contributed by atoms with Crippen molar-refractivity contribution in [1.29, 1.82) is 0 Å². The molecule has 0 aliphatic carbocycles. The third-order valence-corrected chi connectivity index (χ3v) is 3.55. The molecular formula is C16H23N5O. The van der Waals surface area contributed by atoms with E-state index in [1.54, 1.807) is 6.33 Å². The first-order valence-electron chi connectivity index (χ1n) is 7.44. The van der Waals surface area contributed by atoms with Crippen LogP contribution in [-0.2, 0) is 13.6 Å². The number of aryl methyl sites for hydroxylation is 1. The molecule has 0 saturated heterocycles. The molecule has 118 valence electrons. The quantitative estimate of drug-likeness (QED) is 0.923. The van der Waals surface area contributed by atoms with Crippen LogP contribution in [0.1, 0.15) is 38.2 Å². The van der Waals surface area contributed by atoms with E-state index < -0.39 is 0 Å². The van der Waals surface area contributed by atoms with E-state index in [2.05, 4.69) is 15.5 Å². The standard InChI is InChI=1S/C16H23N5O/c1-12(2)21(10-14-8-6-5-7-9-14)16(22)18-13(3)15-19-17-11-20(15)4/h5-9,11-13H,10H2,1-4H3,(H,18,22). The molecule has 6 nitrogen and oxygen atoms in total. The van der Waals surface area contributed by atoms with Crippen LogP contribution in [0.15, 0.2) is 36.7 Å². The lowest BCUT2D eigenvalue weighted by Crippen LogP contribution is -2.44. The number of hydrogen-bond donors (Lipinski definition) is 1. The van der Waals surface area contributed by atoms with E-state index in [1.165, 1.54) is 0 Å². The van der Waals surface area contributed by atoms with Crippen LogP contribution in [0.5, 0.6) is 0 Å². The lowest BCUT2D eigenvalue weighted by atomic mass is 10.2. The van der Waals surface area contributed by atoms with Gasteiger partial charge in [0.1, 0.15) is 6.33 Å². The normalized spacial score (nSPS) is 12.2. The van der Waals surface area contributed by atoms with Crippen LogP contribution in [0, 0.1) is 0 Å². The lowest BCUT2D eigenvalue weighted by molar-refractivity contribution is 0.176. The highest BCUT2D eigenvalue weighted by atomic mass is 16.2. The monoisotopic (exact) mass is 301 g/mol. The van der Waals surface area contributed by atoms with Crippen molar-refractivity contribution in [3.05, 3.63) is 48.0 Å². The predicted molar refractivity (Wildman–Crippen MR) is 85.1 cm³/mol. The average molecular weight is 301 g/mol. The van der Waals surface area contributed by atoms with Crippen molar-refractivity contribution in [2.75, 3.05) is 0 Å². The molecule has 1 heterocycles. The minimum atomic E-state index is -0.197. The van der Waals surface area contributed by atoms with E-state index in [0.717, 1.165) is 11.4 Å². The molecule has 2 aromatic rings. The number of benzene rings is 1. The number of aromatic nitrogens is 3. The number of hydrogen-bond acceptors (Lipinski definition) is 3. The Morgan fingerprint density at radius 2 is 1.95 bits per heavy atom. The smallest absolute Gasteiger partial charge is 0.318 e. The Balaban J connectivity index is 2.05. The Hall–Kier alpha value is -2.37. The van der Waals surface area contributed by atoms with E-state index in [0.29, 0.717) is 6.54 Å². The molecule has 1 unspecified atom stereocenters. The highest BCUT2D eigenvalue weighted by Gasteiger charge is 2.21. The summed E-state index contributed by atoms with van der Waals surface area (Å²) in [5.74, 6) is 0.733. The molecule has 0 aliphatic heterocycles. The van der Waals surface area contributed by atoms with Gasteiger partial charge in [0, 0.05) is 19.6 Å². The van der Waals surface area contributed by atoms with Gasteiger partial charge in [-0.25, -0.2) is 4.79 Å². The van der Waals surface area contributed by atoms with Crippen LogP contribution in [-0.4, -0.2) is 31.7 Å². The van der Waals surface area contributed by atoms with E-state index in [4.69, 9.17) is 0 Å². The third-order valence-electron chi connectivity index (χ3n) is 3.55. The van der Waals surface area contributed by atoms with Crippen LogP contribution < -0.4 is 5.32 Å². The summed E-state index contributed by atoms with van der Waals surface area (Å²) in [6.07, 6.45) is 1.63. The summed E-state index contributed by atoms with van der Waals surface area (Å²) in [7, 11) is 1.86. The highest BCUT2D eigenvalue weighted by molar-refractivity contribution is 5.74. The molecule has 6 heteroatoms. The van der Waals surface area contributed by atoms with Crippen molar-refractivity contribution < 1.29 is 4.79 Å². The number of amides is 2. The molecule has 22 heavy (non-hydrogen) atoms. The number of nitrogens with one attached hydrogen (secondary N) is 1. The van der Waals surface area contributed by atoms with Crippen molar-refractivity contribution >= 4 is 6.03 Å². The number of carbonyl (C=O) groups excluding carboxylic acids is 1. The van der Waals surface area contributed by atoms with Crippen LogP contribution in [0.2, 0.25) is 0 Å². The fourth-order valence-electron chi connectivity index (χ4n) is 2.29.